The second-order valence-electron chi connectivity index (χ2n) is 7.27. The van der Waals surface area contributed by atoms with E-state index in [1.54, 1.807) is 0 Å². The molecular weight excluding hydrogens is 384 g/mol. The van der Waals surface area contributed by atoms with E-state index in [-0.39, 0.29) is 5.69 Å². The SMILES string of the molecule is Cc1cc2nc3c(=O)[nH]c(=O)nc-3n(CCNCCNCCNCCN)c2cc1C. The Labute approximate surface area is 174 Å². The van der Waals surface area contributed by atoms with Gasteiger partial charge in [-0.2, -0.15) is 4.98 Å². The summed E-state index contributed by atoms with van der Waals surface area (Å²) in [5.41, 5.74) is 8.21. The van der Waals surface area contributed by atoms with Crippen LogP contribution in [0.5, 0.6) is 0 Å². The molecule has 0 spiro atoms. The van der Waals surface area contributed by atoms with Crippen molar-refractivity contribution in [2.24, 2.45) is 5.73 Å². The van der Waals surface area contributed by atoms with E-state index in [2.05, 4.69) is 30.9 Å². The van der Waals surface area contributed by atoms with Crippen molar-refractivity contribution >= 4 is 11.0 Å². The number of H-pyrrole nitrogens is 1. The standard InChI is InChI=1S/C20H30N8O2/c1-13-11-15-16(12-14(13)2)28(18-17(25-15)19(29)27-20(30)26-18)10-9-24-8-7-23-6-5-22-4-3-21/h11-12,22-24H,3-10,21H2,1-2H3,(H,27,29,30). The van der Waals surface area contributed by atoms with E-state index in [0.29, 0.717) is 31.0 Å². The molecule has 162 valence electrons. The van der Waals surface area contributed by atoms with Gasteiger partial charge in [-0.05, 0) is 37.1 Å². The normalized spacial score (nSPS) is 11.6. The van der Waals surface area contributed by atoms with Crippen molar-refractivity contribution in [3.05, 3.63) is 44.1 Å². The molecule has 2 heterocycles. The molecule has 0 radical (unpaired) electrons. The number of rotatable bonds is 11. The molecule has 1 aromatic carbocycles. The number of aromatic nitrogens is 4. The average Bonchev–Trinajstić information content (AvgIpc) is 2.70. The highest BCUT2D eigenvalue weighted by Gasteiger charge is 2.18. The fourth-order valence-corrected chi connectivity index (χ4v) is 3.30. The molecule has 0 saturated carbocycles. The van der Waals surface area contributed by atoms with Crippen LogP contribution in [-0.2, 0) is 6.54 Å². The van der Waals surface area contributed by atoms with Crippen LogP contribution in [0.15, 0.2) is 21.7 Å². The van der Waals surface area contributed by atoms with Gasteiger partial charge in [-0.3, -0.25) is 9.78 Å². The second kappa shape index (κ2) is 10.4. The molecule has 1 aromatic rings. The lowest BCUT2D eigenvalue weighted by Crippen LogP contribution is -2.35. The Kier molecular flexibility index (Phi) is 7.63. The number of benzene rings is 1. The Bertz CT molecular complexity index is 1070. The largest absolute Gasteiger partial charge is 0.349 e. The lowest BCUT2D eigenvalue weighted by atomic mass is 10.1. The number of aryl methyl sites for hydroxylation is 2. The van der Waals surface area contributed by atoms with E-state index in [4.69, 9.17) is 5.73 Å². The first-order valence-electron chi connectivity index (χ1n) is 10.3. The minimum Gasteiger partial charge on any atom is -0.329 e. The summed E-state index contributed by atoms with van der Waals surface area (Å²) in [7, 11) is 0. The highest BCUT2D eigenvalue weighted by molar-refractivity contribution is 5.81. The van der Waals surface area contributed by atoms with Gasteiger partial charge in [-0.1, -0.05) is 0 Å². The van der Waals surface area contributed by atoms with E-state index in [9.17, 15) is 9.59 Å². The number of nitrogens with two attached hydrogens (primary N) is 1. The first-order valence-corrected chi connectivity index (χ1v) is 10.3. The van der Waals surface area contributed by atoms with Crippen LogP contribution in [-0.4, -0.2) is 65.3 Å². The molecule has 2 aliphatic rings. The molecule has 0 aliphatic carbocycles. The smallest absolute Gasteiger partial charge is 0.329 e. The van der Waals surface area contributed by atoms with Crippen molar-refractivity contribution in [2.45, 2.75) is 20.4 Å². The third-order valence-electron chi connectivity index (χ3n) is 5.01. The maximum atomic E-state index is 12.3. The molecule has 0 aromatic heterocycles. The van der Waals surface area contributed by atoms with Crippen molar-refractivity contribution in [1.29, 1.82) is 0 Å². The van der Waals surface area contributed by atoms with Crippen LogP contribution in [0.1, 0.15) is 11.1 Å². The van der Waals surface area contributed by atoms with Crippen LogP contribution in [0.3, 0.4) is 0 Å². The number of hydrogen-bond donors (Lipinski definition) is 5. The summed E-state index contributed by atoms with van der Waals surface area (Å²) in [6.45, 7) is 10.1. The van der Waals surface area contributed by atoms with Crippen LogP contribution in [0.25, 0.3) is 22.6 Å². The van der Waals surface area contributed by atoms with E-state index in [0.717, 1.165) is 49.4 Å². The number of nitrogens with one attached hydrogen (secondary N) is 4. The first-order chi connectivity index (χ1) is 14.5. The molecule has 6 N–H and O–H groups in total. The van der Waals surface area contributed by atoms with Gasteiger partial charge in [0.1, 0.15) is 0 Å². The topological polar surface area (TPSA) is 143 Å². The zero-order chi connectivity index (χ0) is 21.5. The van der Waals surface area contributed by atoms with Gasteiger partial charge in [-0.15, -0.1) is 0 Å². The summed E-state index contributed by atoms with van der Waals surface area (Å²) in [5.74, 6) is 0.311. The lowest BCUT2D eigenvalue weighted by molar-refractivity contribution is 0.561. The molecule has 10 nitrogen and oxygen atoms in total. The van der Waals surface area contributed by atoms with Gasteiger partial charge in [-0.25, -0.2) is 9.78 Å². The van der Waals surface area contributed by atoms with Crippen molar-refractivity contribution in [2.75, 3.05) is 45.8 Å². The fraction of sp³-hybridized carbons (Fsp3) is 0.500. The Balaban J connectivity index is 1.71. The van der Waals surface area contributed by atoms with Gasteiger partial charge < -0.3 is 26.3 Å². The fourth-order valence-electron chi connectivity index (χ4n) is 3.30. The lowest BCUT2D eigenvalue weighted by Gasteiger charge is -2.18. The number of aromatic amines is 1. The number of nitrogens with zero attached hydrogens (tertiary/aromatic N) is 3. The molecule has 0 unspecified atom stereocenters. The first kappa shape index (κ1) is 22.0. The molecule has 30 heavy (non-hydrogen) atoms. The minimum atomic E-state index is -0.661. The highest BCUT2D eigenvalue weighted by Crippen LogP contribution is 2.23. The van der Waals surface area contributed by atoms with Crippen molar-refractivity contribution < 1.29 is 0 Å². The molecule has 0 saturated heterocycles. The number of fused-ring (bicyclic) bond motifs is 2. The predicted octanol–water partition coefficient (Wildman–Crippen LogP) is -1.07. The molecule has 0 atom stereocenters. The molecule has 3 rings (SSSR count). The maximum absolute atomic E-state index is 12.3. The van der Waals surface area contributed by atoms with E-state index in [1.807, 2.05) is 30.5 Å². The summed E-state index contributed by atoms with van der Waals surface area (Å²) < 4.78 is 1.90. The van der Waals surface area contributed by atoms with Gasteiger partial charge in [0, 0.05) is 52.4 Å². The van der Waals surface area contributed by atoms with Gasteiger partial charge in [0.15, 0.2) is 11.5 Å². The third kappa shape index (κ3) is 5.28. The summed E-state index contributed by atoms with van der Waals surface area (Å²) in [6.07, 6.45) is 0. The van der Waals surface area contributed by atoms with Crippen LogP contribution < -0.4 is 32.9 Å². The summed E-state index contributed by atoms with van der Waals surface area (Å²) in [4.78, 5) is 34.8. The predicted molar refractivity (Wildman–Crippen MR) is 118 cm³/mol. The van der Waals surface area contributed by atoms with Gasteiger partial charge >= 0.3 is 5.69 Å². The van der Waals surface area contributed by atoms with Crippen LogP contribution in [0, 0.1) is 13.8 Å². The molecule has 0 bridgehead atoms. The summed E-state index contributed by atoms with van der Waals surface area (Å²) >= 11 is 0. The zero-order valence-corrected chi connectivity index (χ0v) is 17.5. The highest BCUT2D eigenvalue weighted by atomic mass is 16.2. The van der Waals surface area contributed by atoms with Gasteiger partial charge in [0.2, 0.25) is 0 Å². The molecular formula is C20H30N8O2. The quantitative estimate of drug-likeness (QED) is 0.197. The molecule has 2 aliphatic heterocycles. The van der Waals surface area contributed by atoms with Gasteiger partial charge in [0.25, 0.3) is 5.56 Å². The monoisotopic (exact) mass is 414 g/mol. The second-order valence-corrected chi connectivity index (χ2v) is 7.27. The van der Waals surface area contributed by atoms with Crippen LogP contribution in [0.4, 0.5) is 0 Å². The molecule has 0 amide bonds. The van der Waals surface area contributed by atoms with Crippen LogP contribution >= 0.6 is 0 Å². The zero-order valence-electron chi connectivity index (χ0n) is 17.5. The molecule has 10 heteroatoms. The third-order valence-corrected chi connectivity index (χ3v) is 5.01. The Hall–Kier alpha value is -2.66. The Morgan fingerprint density at radius 1 is 0.933 bits per heavy atom. The summed E-state index contributed by atoms with van der Waals surface area (Å²) in [5, 5.41) is 9.97. The van der Waals surface area contributed by atoms with Crippen molar-refractivity contribution in [3.63, 3.8) is 0 Å². The van der Waals surface area contributed by atoms with Gasteiger partial charge in [0.05, 0.1) is 11.0 Å². The number of hydrogen-bond acceptors (Lipinski definition) is 8. The van der Waals surface area contributed by atoms with E-state index < -0.39 is 11.2 Å². The van der Waals surface area contributed by atoms with E-state index in [1.165, 1.54) is 0 Å². The Morgan fingerprint density at radius 3 is 2.27 bits per heavy atom. The van der Waals surface area contributed by atoms with Crippen molar-refractivity contribution in [3.8, 4) is 11.5 Å². The van der Waals surface area contributed by atoms with Crippen LogP contribution in [0.2, 0.25) is 0 Å². The Morgan fingerprint density at radius 2 is 1.57 bits per heavy atom. The minimum absolute atomic E-state index is 0.178. The van der Waals surface area contributed by atoms with E-state index >= 15 is 0 Å². The maximum Gasteiger partial charge on any atom is 0.349 e. The summed E-state index contributed by atoms with van der Waals surface area (Å²) in [6, 6.07) is 3.99. The molecule has 0 fully saturated rings. The average molecular weight is 415 g/mol. The van der Waals surface area contributed by atoms with Crippen molar-refractivity contribution in [1.82, 2.24) is 35.5 Å².